The van der Waals surface area contributed by atoms with Gasteiger partial charge in [0.1, 0.15) is 0 Å². The first-order valence-corrected chi connectivity index (χ1v) is 5.84. The zero-order valence-corrected chi connectivity index (χ0v) is 9.61. The van der Waals surface area contributed by atoms with Gasteiger partial charge in [0.25, 0.3) is 0 Å². The van der Waals surface area contributed by atoms with Gasteiger partial charge in [0.2, 0.25) is 0 Å². The maximum atomic E-state index is 4.13. The van der Waals surface area contributed by atoms with Crippen LogP contribution >= 0.6 is 0 Å². The number of hydrogen-bond donors (Lipinski definition) is 1. The number of hydrogen-bond acceptors (Lipinski definition) is 2. The van der Waals surface area contributed by atoms with Gasteiger partial charge in [-0.2, -0.15) is 5.10 Å². The largest absolute Gasteiger partial charge is 0.278 e. The molecular weight excluding hydrogens is 198 g/mol. The van der Waals surface area contributed by atoms with Crippen molar-refractivity contribution >= 4 is 0 Å². The van der Waals surface area contributed by atoms with E-state index in [4.69, 9.17) is 0 Å². The number of aromatic amines is 1. The Labute approximate surface area is 95.9 Å². The third-order valence-corrected chi connectivity index (χ3v) is 2.72. The molecule has 1 N–H and O–H groups in total. The average Bonchev–Trinajstić information content (AvgIpc) is 2.79. The average molecular weight is 215 g/mol. The number of nitrogens with one attached hydrogen (secondary N) is 1. The number of unbranched alkanes of at least 4 members (excludes halogenated alkanes) is 2. The van der Waals surface area contributed by atoms with Crippen LogP contribution in [0, 0.1) is 0 Å². The van der Waals surface area contributed by atoms with Crippen LogP contribution in [-0.4, -0.2) is 15.2 Å². The van der Waals surface area contributed by atoms with Crippen molar-refractivity contribution in [3.8, 4) is 11.3 Å². The Hall–Kier alpha value is -1.64. The second-order valence-electron chi connectivity index (χ2n) is 3.97. The van der Waals surface area contributed by atoms with Crippen LogP contribution in [0.25, 0.3) is 11.3 Å². The molecule has 0 radical (unpaired) electrons. The highest BCUT2D eigenvalue weighted by atomic mass is 15.1. The fourth-order valence-corrected chi connectivity index (χ4v) is 1.83. The van der Waals surface area contributed by atoms with Gasteiger partial charge in [-0.05, 0) is 30.5 Å². The van der Waals surface area contributed by atoms with Crippen LogP contribution in [0.15, 0.2) is 30.7 Å². The fraction of sp³-hybridized carbons (Fsp3) is 0.385. The van der Waals surface area contributed by atoms with E-state index >= 15 is 0 Å². The molecule has 0 saturated carbocycles. The summed E-state index contributed by atoms with van der Waals surface area (Å²) in [4.78, 5) is 4.13. The second-order valence-corrected chi connectivity index (χ2v) is 3.97. The Bertz CT molecular complexity index is 420. The lowest BCUT2D eigenvalue weighted by molar-refractivity contribution is 0.718. The summed E-state index contributed by atoms with van der Waals surface area (Å²) in [5.41, 5.74) is 3.53. The van der Waals surface area contributed by atoms with Crippen LogP contribution in [-0.2, 0) is 6.42 Å². The van der Waals surface area contributed by atoms with E-state index in [-0.39, 0.29) is 0 Å². The number of pyridine rings is 1. The molecule has 0 saturated heterocycles. The van der Waals surface area contributed by atoms with Crippen molar-refractivity contribution in [2.24, 2.45) is 0 Å². The van der Waals surface area contributed by atoms with E-state index in [1.165, 1.54) is 24.8 Å². The van der Waals surface area contributed by atoms with Gasteiger partial charge in [0, 0.05) is 18.0 Å². The zero-order valence-electron chi connectivity index (χ0n) is 9.61. The van der Waals surface area contributed by atoms with Crippen LogP contribution in [0.2, 0.25) is 0 Å². The molecule has 3 heteroatoms. The molecule has 0 aliphatic carbocycles. The molecule has 2 rings (SSSR count). The van der Waals surface area contributed by atoms with E-state index in [0.717, 1.165) is 17.7 Å². The minimum Gasteiger partial charge on any atom is -0.278 e. The highest BCUT2D eigenvalue weighted by Crippen LogP contribution is 2.21. The summed E-state index contributed by atoms with van der Waals surface area (Å²) in [5.74, 6) is 0. The third kappa shape index (κ3) is 2.48. The summed E-state index contributed by atoms with van der Waals surface area (Å²) < 4.78 is 0. The first-order chi connectivity index (χ1) is 7.92. The van der Waals surface area contributed by atoms with E-state index in [0.29, 0.717) is 0 Å². The number of aromatic nitrogens is 3. The molecule has 2 aromatic heterocycles. The Kier molecular flexibility index (Phi) is 3.70. The van der Waals surface area contributed by atoms with Gasteiger partial charge in [-0.3, -0.25) is 10.1 Å². The lowest BCUT2D eigenvalue weighted by atomic mass is 10.0. The minimum absolute atomic E-state index is 1.09. The third-order valence-electron chi connectivity index (χ3n) is 2.72. The van der Waals surface area contributed by atoms with Crippen molar-refractivity contribution in [1.82, 2.24) is 15.2 Å². The van der Waals surface area contributed by atoms with Crippen molar-refractivity contribution in [3.05, 3.63) is 36.3 Å². The summed E-state index contributed by atoms with van der Waals surface area (Å²) in [6.45, 7) is 2.22. The topological polar surface area (TPSA) is 41.6 Å². The quantitative estimate of drug-likeness (QED) is 0.778. The highest BCUT2D eigenvalue weighted by Gasteiger charge is 2.06. The molecule has 0 aliphatic heterocycles. The van der Waals surface area contributed by atoms with Gasteiger partial charge in [0.15, 0.2) is 0 Å². The van der Waals surface area contributed by atoms with E-state index in [1.807, 2.05) is 18.5 Å². The Balaban J connectivity index is 2.13. The fourth-order valence-electron chi connectivity index (χ4n) is 1.83. The van der Waals surface area contributed by atoms with Gasteiger partial charge < -0.3 is 0 Å². The van der Waals surface area contributed by atoms with Crippen LogP contribution in [0.1, 0.15) is 31.7 Å². The molecule has 0 spiro atoms. The molecule has 2 aromatic rings. The molecule has 16 heavy (non-hydrogen) atoms. The monoisotopic (exact) mass is 215 g/mol. The van der Waals surface area contributed by atoms with Crippen molar-refractivity contribution in [3.63, 3.8) is 0 Å². The number of nitrogens with zero attached hydrogens (tertiary/aromatic N) is 2. The second kappa shape index (κ2) is 5.45. The molecule has 0 amide bonds. The Morgan fingerprint density at radius 1 is 1.25 bits per heavy atom. The lowest BCUT2D eigenvalue weighted by Gasteiger charge is -2.02. The van der Waals surface area contributed by atoms with E-state index in [2.05, 4.69) is 28.2 Å². The SMILES string of the molecule is CCCCCc1cn[nH]c1-c1cccnc1. The summed E-state index contributed by atoms with van der Waals surface area (Å²) in [5, 5.41) is 7.18. The molecule has 2 heterocycles. The highest BCUT2D eigenvalue weighted by molar-refractivity contribution is 5.61. The van der Waals surface area contributed by atoms with Crippen molar-refractivity contribution in [2.45, 2.75) is 32.6 Å². The number of rotatable bonds is 5. The van der Waals surface area contributed by atoms with E-state index in [1.54, 1.807) is 6.20 Å². The molecule has 0 aliphatic rings. The normalized spacial score (nSPS) is 10.6. The molecule has 0 atom stereocenters. The predicted octanol–water partition coefficient (Wildman–Crippen LogP) is 3.20. The van der Waals surface area contributed by atoms with E-state index in [9.17, 15) is 0 Å². The molecule has 0 aromatic carbocycles. The first kappa shape index (κ1) is 10.9. The molecule has 0 fully saturated rings. The number of H-pyrrole nitrogens is 1. The van der Waals surface area contributed by atoms with Crippen molar-refractivity contribution < 1.29 is 0 Å². The summed E-state index contributed by atoms with van der Waals surface area (Å²) in [6, 6.07) is 4.01. The zero-order chi connectivity index (χ0) is 11.2. The van der Waals surface area contributed by atoms with Crippen LogP contribution in [0.3, 0.4) is 0 Å². The van der Waals surface area contributed by atoms with Gasteiger partial charge in [-0.1, -0.05) is 19.8 Å². The van der Waals surface area contributed by atoms with Crippen LogP contribution < -0.4 is 0 Å². The van der Waals surface area contributed by atoms with Crippen molar-refractivity contribution in [2.75, 3.05) is 0 Å². The molecule has 0 bridgehead atoms. The van der Waals surface area contributed by atoms with Gasteiger partial charge in [-0.25, -0.2) is 0 Å². The van der Waals surface area contributed by atoms with Gasteiger partial charge in [0.05, 0.1) is 11.9 Å². The molecular formula is C13H17N3. The molecule has 0 unspecified atom stereocenters. The lowest BCUT2D eigenvalue weighted by Crippen LogP contribution is -1.88. The summed E-state index contributed by atoms with van der Waals surface area (Å²) in [7, 11) is 0. The number of aryl methyl sites for hydroxylation is 1. The maximum absolute atomic E-state index is 4.13. The maximum Gasteiger partial charge on any atom is 0.0697 e. The summed E-state index contributed by atoms with van der Waals surface area (Å²) in [6.07, 6.45) is 10.4. The standard InChI is InChI=1S/C13H17N3/c1-2-3-4-6-12-10-15-16-13(12)11-7-5-8-14-9-11/h5,7-10H,2-4,6H2,1H3,(H,15,16). The molecule has 3 nitrogen and oxygen atoms in total. The Morgan fingerprint density at radius 2 is 2.19 bits per heavy atom. The van der Waals surface area contributed by atoms with Crippen LogP contribution in [0.4, 0.5) is 0 Å². The van der Waals surface area contributed by atoms with Gasteiger partial charge in [-0.15, -0.1) is 0 Å². The smallest absolute Gasteiger partial charge is 0.0697 e. The van der Waals surface area contributed by atoms with E-state index < -0.39 is 0 Å². The Morgan fingerprint density at radius 3 is 2.94 bits per heavy atom. The first-order valence-electron chi connectivity index (χ1n) is 5.84. The predicted molar refractivity (Wildman–Crippen MR) is 65.0 cm³/mol. The van der Waals surface area contributed by atoms with Crippen molar-refractivity contribution in [1.29, 1.82) is 0 Å². The minimum atomic E-state index is 1.09. The summed E-state index contributed by atoms with van der Waals surface area (Å²) >= 11 is 0. The molecule has 84 valence electrons. The van der Waals surface area contributed by atoms with Crippen LogP contribution in [0.5, 0.6) is 0 Å². The van der Waals surface area contributed by atoms with Gasteiger partial charge >= 0.3 is 0 Å².